The molecule has 0 saturated heterocycles. The average molecular weight is 1180 g/mol. The summed E-state index contributed by atoms with van der Waals surface area (Å²) < 4.78 is 46.3. The Morgan fingerprint density at radius 1 is 0.482 bits per heavy atom. The van der Waals surface area contributed by atoms with E-state index in [1.54, 1.807) is 95.8 Å². The Kier molecular flexibility index (Phi) is 31.0. The van der Waals surface area contributed by atoms with Gasteiger partial charge in [0.2, 0.25) is 0 Å². The molecular weight excluding hydrogens is 1110 g/mol. The minimum absolute atomic E-state index is 0.0635. The summed E-state index contributed by atoms with van der Waals surface area (Å²) in [5.41, 5.74) is 5.22. The quantitative estimate of drug-likeness (QED) is 0.00657. The number of hydrogen-bond acceptors (Lipinski definition) is 18. The monoisotopic (exact) mass is 1180 g/mol. The number of hydrogen-bond donors (Lipinski definition) is 4. The number of carbonyl (C=O) groups excluding carboxylic acids is 8. The van der Waals surface area contributed by atoms with Crippen LogP contribution in [0.3, 0.4) is 0 Å². The van der Waals surface area contributed by atoms with Crippen molar-refractivity contribution in [1.82, 2.24) is 0 Å². The number of nitrogens with one attached hydrogen (secondary N) is 4. The Bertz CT molecular complexity index is 2880. The van der Waals surface area contributed by atoms with Crippen molar-refractivity contribution in [3.63, 3.8) is 0 Å². The van der Waals surface area contributed by atoms with Gasteiger partial charge in [-0.1, -0.05) is 72.8 Å². The highest BCUT2D eigenvalue weighted by Crippen LogP contribution is 2.24. The molecule has 0 aliphatic heterocycles. The molecule has 0 aliphatic carbocycles. The molecule has 4 amide bonds. The number of anilines is 4. The number of esters is 4. The Morgan fingerprint density at radius 3 is 1.29 bits per heavy atom. The molecule has 0 bridgehead atoms. The van der Waals surface area contributed by atoms with E-state index in [0.717, 1.165) is 96.2 Å². The van der Waals surface area contributed by atoms with Crippen LogP contribution in [0.4, 0.5) is 41.9 Å². The number of carbonyl (C=O) groups is 8. The fraction of sp³-hybridized carbons (Fsp3) is 0.333. The van der Waals surface area contributed by atoms with E-state index in [9.17, 15) is 38.4 Å². The molecule has 0 aromatic heterocycles. The first-order chi connectivity index (χ1) is 40.1. The van der Waals surface area contributed by atoms with Gasteiger partial charge in [-0.15, -0.1) is 0 Å². The van der Waals surface area contributed by atoms with Crippen molar-refractivity contribution in [2.45, 2.75) is 64.8 Å². The molecule has 0 fully saturated rings. The molecule has 4 aromatic rings. The predicted octanol–water partition coefficient (Wildman–Crippen LogP) is 11.3. The molecule has 83 heavy (non-hydrogen) atoms. The van der Waals surface area contributed by atoms with Gasteiger partial charge in [0.15, 0.2) is 0 Å². The lowest BCUT2D eigenvalue weighted by Gasteiger charge is -2.24. The van der Waals surface area contributed by atoms with Gasteiger partial charge in [0.05, 0.1) is 13.2 Å². The van der Waals surface area contributed by atoms with E-state index in [4.69, 9.17) is 32.2 Å². The van der Waals surface area contributed by atoms with Gasteiger partial charge in [-0.25, -0.2) is 38.4 Å². The van der Waals surface area contributed by atoms with Crippen molar-refractivity contribution >= 4 is 91.6 Å². The fourth-order valence-electron chi connectivity index (χ4n) is 7.81. The second-order valence-corrected chi connectivity index (χ2v) is 22.2. The highest BCUT2D eigenvalue weighted by molar-refractivity contribution is 7.99. The average Bonchev–Trinajstić information content (AvgIpc) is 3.48. The second-order valence-electron chi connectivity index (χ2n) is 17.9. The zero-order valence-corrected chi connectivity index (χ0v) is 49.0. The van der Waals surface area contributed by atoms with Crippen LogP contribution >= 0.6 is 11.8 Å². The van der Waals surface area contributed by atoms with Crippen molar-refractivity contribution in [3.8, 4) is 0 Å². The molecule has 0 aliphatic rings. The third kappa shape index (κ3) is 28.3. The van der Waals surface area contributed by atoms with Crippen LogP contribution in [0.15, 0.2) is 146 Å². The molecule has 1 unspecified atom stereocenters. The number of amides is 4. The summed E-state index contributed by atoms with van der Waals surface area (Å²) >= 11 is 1.86. The van der Waals surface area contributed by atoms with Crippen molar-refractivity contribution in [1.29, 1.82) is 0 Å². The molecule has 23 heteroatoms. The second kappa shape index (κ2) is 38.4. The van der Waals surface area contributed by atoms with Gasteiger partial charge in [0.25, 0.3) is 0 Å². The summed E-state index contributed by atoms with van der Waals surface area (Å²) in [4.78, 5) is 96.7. The Labute approximate surface area is 488 Å². The highest BCUT2D eigenvalue weighted by Gasteiger charge is 2.36. The Balaban J connectivity index is 1.22. The van der Waals surface area contributed by atoms with Crippen LogP contribution in [-0.4, -0.2) is 116 Å². The number of rotatable bonds is 33. The maximum Gasteiger partial charge on any atom is 0.500 e. The van der Waals surface area contributed by atoms with E-state index in [0.29, 0.717) is 41.5 Å². The maximum atomic E-state index is 12.8. The smallest absolute Gasteiger partial charge is 0.463 e. The van der Waals surface area contributed by atoms with Crippen molar-refractivity contribution in [2.24, 2.45) is 5.92 Å². The summed E-state index contributed by atoms with van der Waals surface area (Å²) in [6.45, 7) is 3.64. The lowest BCUT2D eigenvalue weighted by atomic mass is 9.96. The third-order valence-electron chi connectivity index (χ3n) is 11.7. The van der Waals surface area contributed by atoms with E-state index in [1.807, 2.05) is 72.5 Å². The van der Waals surface area contributed by atoms with Gasteiger partial charge in [-0.05, 0) is 147 Å². The highest BCUT2D eigenvalue weighted by atomic mass is 32.2. The maximum absolute atomic E-state index is 12.8. The lowest BCUT2D eigenvalue weighted by Crippen LogP contribution is -2.42. The van der Waals surface area contributed by atoms with E-state index in [-0.39, 0.29) is 26.4 Å². The lowest BCUT2D eigenvalue weighted by molar-refractivity contribution is -0.138. The van der Waals surface area contributed by atoms with Crippen LogP contribution < -0.4 is 21.3 Å². The fourth-order valence-corrected chi connectivity index (χ4v) is 10.8. The summed E-state index contributed by atoms with van der Waals surface area (Å²) in [5, 5.41) is 10.5. The molecule has 0 saturated carbocycles. The van der Waals surface area contributed by atoms with E-state index in [2.05, 4.69) is 30.7 Å². The zero-order valence-electron chi connectivity index (χ0n) is 47.2. The van der Waals surface area contributed by atoms with Crippen LogP contribution in [0, 0.1) is 5.92 Å². The van der Waals surface area contributed by atoms with Crippen LogP contribution in [0.1, 0.15) is 68.2 Å². The van der Waals surface area contributed by atoms with Gasteiger partial charge < -0.3 is 41.7 Å². The minimum atomic E-state index is -2.64. The van der Waals surface area contributed by atoms with Gasteiger partial charge in [0.1, 0.15) is 13.2 Å². The topological polar surface area (TPSA) is 268 Å². The molecule has 1 atom stereocenters. The molecule has 21 nitrogen and oxygen atoms in total. The van der Waals surface area contributed by atoms with Gasteiger partial charge in [0, 0.05) is 74.4 Å². The molecule has 4 N–H and O–H groups in total. The normalized spacial score (nSPS) is 11.7. The number of allylic oxidation sites excluding steroid dienone is 2. The van der Waals surface area contributed by atoms with Crippen LogP contribution in [0.5, 0.6) is 0 Å². The van der Waals surface area contributed by atoms with Crippen LogP contribution in [0.25, 0.3) is 0 Å². The first kappa shape index (κ1) is 67.2. The van der Waals surface area contributed by atoms with Crippen molar-refractivity contribution < 1.29 is 80.1 Å². The van der Waals surface area contributed by atoms with E-state index >= 15 is 0 Å². The summed E-state index contributed by atoms with van der Waals surface area (Å²) in [6, 6.07) is 29.1. The molecule has 444 valence electrons. The molecular formula is C60H72N4O17SSi. The van der Waals surface area contributed by atoms with Crippen LogP contribution in [0.2, 0.25) is 6.04 Å². The SMILES string of the molecule is CCOC(=O)C=CC(=O)OC(=O)Nc1cccc(Cc2cccc(NC(=O)OCC=CCCC(CC=CCOC(=O)Nc3cccc(Cc4cccc(NC(=O)OC(=O)C=CC(=O)OCC)c4)c3)CCSCCC[Si](OC)(OC)OC)c2)c1. The number of ether oxygens (including phenoxy) is 6. The van der Waals surface area contributed by atoms with Gasteiger partial charge in [-0.2, -0.15) is 11.8 Å². The largest absolute Gasteiger partial charge is 0.500 e. The molecule has 4 aromatic carbocycles. The first-order valence-corrected chi connectivity index (χ1v) is 29.7. The van der Waals surface area contributed by atoms with E-state index < -0.39 is 57.1 Å². The summed E-state index contributed by atoms with van der Waals surface area (Å²) in [7, 11) is 2.19. The van der Waals surface area contributed by atoms with Gasteiger partial charge >= 0.3 is 57.1 Å². The zero-order chi connectivity index (χ0) is 60.1. The molecule has 0 heterocycles. The van der Waals surface area contributed by atoms with Crippen molar-refractivity contribution in [3.05, 3.63) is 168 Å². The predicted molar refractivity (Wildman–Crippen MR) is 317 cm³/mol. The third-order valence-corrected chi connectivity index (χ3v) is 15.7. The van der Waals surface area contributed by atoms with E-state index in [1.165, 1.54) is 0 Å². The molecule has 0 spiro atoms. The van der Waals surface area contributed by atoms with Gasteiger partial charge in [-0.3, -0.25) is 21.3 Å². The Morgan fingerprint density at radius 2 is 0.880 bits per heavy atom. The Hall–Kier alpha value is -8.35. The first-order valence-electron chi connectivity index (χ1n) is 26.6. The summed E-state index contributed by atoms with van der Waals surface area (Å²) in [5.74, 6) is -1.36. The molecule has 0 radical (unpaired) electrons. The summed E-state index contributed by atoms with van der Waals surface area (Å²) in [6.07, 6.45) is 12.8. The standard InChI is InChI=1S/C60H72N4O17SSi/c1-6-76-53(65)28-30-55(67)80-59(71)63-51-26-15-22-47(42-51)38-45-20-13-24-49(40-45)61-57(69)78-33-11-8-9-18-44(32-36-82-35-17-37-83(73-3,74-4)75-5)19-10-12-34-79-58(70)62-50-25-14-21-46(41-50)39-48-23-16-27-52(43-48)64-60(72)81-56(68)31-29-54(66)77-7-2/h8,10-16,20-31,40-44H,6-7,9,17-19,32-39H2,1-5H3,(H,61,69)(H,62,70)(H,63,71)(H,64,72). The van der Waals surface area contributed by atoms with Crippen LogP contribution in [-0.2, 0) is 73.7 Å². The molecule has 4 rings (SSSR count). The number of benzene rings is 4. The van der Waals surface area contributed by atoms with Crippen molar-refractivity contribution in [2.75, 3.05) is 80.5 Å². The number of thioether (sulfide) groups is 1. The minimum Gasteiger partial charge on any atom is -0.463 e.